The van der Waals surface area contributed by atoms with Crippen LogP contribution < -0.4 is 0 Å². The first-order valence-electron chi connectivity index (χ1n) is 4.90. The minimum Gasteiger partial charge on any atom is -0.394 e. The Balaban J connectivity index is 2.83. The van der Waals surface area contributed by atoms with Crippen molar-refractivity contribution in [2.24, 2.45) is 0 Å². The zero-order chi connectivity index (χ0) is 11.8. The summed E-state index contributed by atoms with van der Waals surface area (Å²) in [5.41, 5.74) is 0. The summed E-state index contributed by atoms with van der Waals surface area (Å²) in [5, 5.41) is 37.8. The Morgan fingerprint density at radius 2 is 1.53 bits per heavy atom. The van der Waals surface area contributed by atoms with Crippen LogP contribution in [0.15, 0.2) is 0 Å². The molecule has 5 atom stereocenters. The maximum Gasteiger partial charge on any atom is 0.222 e. The third-order valence-electron chi connectivity index (χ3n) is 2.63. The summed E-state index contributed by atoms with van der Waals surface area (Å²) >= 11 is 0. The van der Waals surface area contributed by atoms with E-state index >= 15 is 0 Å². The van der Waals surface area contributed by atoms with Gasteiger partial charge in [0.2, 0.25) is 6.23 Å². The van der Waals surface area contributed by atoms with Gasteiger partial charge in [-0.1, -0.05) is 0 Å². The van der Waals surface area contributed by atoms with E-state index in [1.54, 1.807) is 21.1 Å². The Labute approximate surface area is 88.9 Å². The minimum atomic E-state index is -1.29. The molecule has 6 nitrogen and oxygen atoms in total. The Bertz CT molecular complexity index is 215. The molecule has 0 aliphatic carbocycles. The van der Waals surface area contributed by atoms with Crippen LogP contribution in [-0.4, -0.2) is 83.3 Å². The van der Waals surface area contributed by atoms with Crippen LogP contribution in [0.4, 0.5) is 0 Å². The maximum absolute atomic E-state index is 9.72. The van der Waals surface area contributed by atoms with Crippen molar-refractivity contribution in [3.8, 4) is 0 Å². The van der Waals surface area contributed by atoms with Crippen LogP contribution in [0.1, 0.15) is 0 Å². The van der Waals surface area contributed by atoms with Gasteiger partial charge in [0.1, 0.15) is 18.3 Å². The van der Waals surface area contributed by atoms with E-state index in [-0.39, 0.29) is 11.1 Å². The SMILES string of the molecule is C[N+](C)(C)[C@@H]1O[C@H](CO)[C@H](O)[C@H](O)[C@H]1O. The second-order valence-corrected chi connectivity index (χ2v) is 4.84. The Kier molecular flexibility index (Phi) is 3.70. The van der Waals surface area contributed by atoms with Crippen molar-refractivity contribution in [1.29, 1.82) is 0 Å². The molecule has 0 spiro atoms. The van der Waals surface area contributed by atoms with Gasteiger partial charge >= 0.3 is 0 Å². The van der Waals surface area contributed by atoms with E-state index in [9.17, 15) is 15.3 Å². The van der Waals surface area contributed by atoms with E-state index in [0.717, 1.165) is 0 Å². The molecule has 90 valence electrons. The summed E-state index contributed by atoms with van der Waals surface area (Å²) in [5.74, 6) is 0. The Morgan fingerprint density at radius 3 is 1.93 bits per heavy atom. The first kappa shape index (κ1) is 12.8. The van der Waals surface area contributed by atoms with Gasteiger partial charge < -0.3 is 29.6 Å². The smallest absolute Gasteiger partial charge is 0.222 e. The summed E-state index contributed by atoms with van der Waals surface area (Å²) in [6.07, 6.45) is -5.24. The predicted octanol–water partition coefficient (Wildman–Crippen LogP) is -2.51. The number of likely N-dealkylation sites (N-methyl/N-ethyl adjacent to an activating group) is 1. The van der Waals surface area contributed by atoms with E-state index in [0.29, 0.717) is 0 Å². The largest absolute Gasteiger partial charge is 0.394 e. The van der Waals surface area contributed by atoms with Crippen molar-refractivity contribution in [1.82, 2.24) is 0 Å². The van der Waals surface area contributed by atoms with Gasteiger partial charge in [0, 0.05) is 0 Å². The van der Waals surface area contributed by atoms with Crippen LogP contribution in [-0.2, 0) is 4.74 Å². The topological polar surface area (TPSA) is 90.2 Å². The van der Waals surface area contributed by atoms with Crippen molar-refractivity contribution in [3.63, 3.8) is 0 Å². The lowest BCUT2D eigenvalue weighted by atomic mass is 9.97. The molecule has 1 fully saturated rings. The normalized spacial score (nSPS) is 43.0. The van der Waals surface area contributed by atoms with Crippen LogP contribution in [0, 0.1) is 0 Å². The van der Waals surface area contributed by atoms with E-state index in [4.69, 9.17) is 9.84 Å². The maximum atomic E-state index is 9.72. The predicted molar refractivity (Wildman–Crippen MR) is 51.8 cm³/mol. The molecular formula is C9H20NO5+. The molecule has 0 saturated carbocycles. The Morgan fingerprint density at radius 1 is 1.00 bits per heavy atom. The average molecular weight is 222 g/mol. The summed E-state index contributed by atoms with van der Waals surface area (Å²) in [7, 11) is 5.40. The fourth-order valence-corrected chi connectivity index (χ4v) is 1.72. The fourth-order valence-electron chi connectivity index (χ4n) is 1.72. The molecule has 1 aliphatic rings. The lowest BCUT2D eigenvalue weighted by molar-refractivity contribution is -0.927. The molecule has 6 heteroatoms. The van der Waals surface area contributed by atoms with Gasteiger partial charge in [0.15, 0.2) is 6.10 Å². The van der Waals surface area contributed by atoms with Gasteiger partial charge in [-0.05, 0) is 0 Å². The third-order valence-corrected chi connectivity index (χ3v) is 2.63. The zero-order valence-corrected chi connectivity index (χ0v) is 9.24. The van der Waals surface area contributed by atoms with Crippen LogP contribution in [0.5, 0.6) is 0 Å². The number of aliphatic hydroxyl groups is 4. The summed E-state index contributed by atoms with van der Waals surface area (Å²) in [6.45, 7) is -0.387. The van der Waals surface area contributed by atoms with Crippen LogP contribution in [0.25, 0.3) is 0 Å². The van der Waals surface area contributed by atoms with E-state index in [2.05, 4.69) is 0 Å². The number of hydrogen-bond donors (Lipinski definition) is 4. The summed E-state index contributed by atoms with van der Waals surface area (Å²) in [6, 6.07) is 0. The number of aliphatic hydroxyl groups excluding tert-OH is 4. The number of nitrogens with zero attached hydrogens (tertiary/aromatic N) is 1. The van der Waals surface area contributed by atoms with Crippen molar-refractivity contribution in [2.45, 2.75) is 30.6 Å². The van der Waals surface area contributed by atoms with Crippen molar-refractivity contribution in [3.05, 3.63) is 0 Å². The van der Waals surface area contributed by atoms with Crippen molar-refractivity contribution in [2.75, 3.05) is 27.7 Å². The van der Waals surface area contributed by atoms with Gasteiger partial charge in [0.05, 0.1) is 27.7 Å². The van der Waals surface area contributed by atoms with Crippen molar-refractivity contribution < 1.29 is 29.6 Å². The second kappa shape index (κ2) is 4.32. The van der Waals surface area contributed by atoms with Crippen LogP contribution in [0.2, 0.25) is 0 Å². The highest BCUT2D eigenvalue weighted by Crippen LogP contribution is 2.24. The lowest BCUT2D eigenvalue weighted by Crippen LogP contribution is -2.66. The average Bonchev–Trinajstić information content (AvgIpc) is 2.13. The molecule has 1 heterocycles. The highest BCUT2D eigenvalue weighted by atomic mass is 16.6. The van der Waals surface area contributed by atoms with E-state index < -0.39 is 30.6 Å². The van der Waals surface area contributed by atoms with Crippen LogP contribution >= 0.6 is 0 Å². The molecule has 1 aliphatic heterocycles. The van der Waals surface area contributed by atoms with E-state index in [1.165, 1.54) is 0 Å². The molecule has 0 aromatic heterocycles. The van der Waals surface area contributed by atoms with Gasteiger partial charge in [0.25, 0.3) is 0 Å². The molecule has 1 rings (SSSR count). The molecule has 0 radical (unpaired) electrons. The number of ether oxygens (including phenoxy) is 1. The molecule has 1 saturated heterocycles. The summed E-state index contributed by atoms with van der Waals surface area (Å²) in [4.78, 5) is 0. The van der Waals surface area contributed by atoms with Gasteiger partial charge in [-0.25, -0.2) is 0 Å². The molecule has 0 aromatic carbocycles. The molecule has 4 N–H and O–H groups in total. The Hall–Kier alpha value is -0.240. The fraction of sp³-hybridized carbons (Fsp3) is 1.00. The van der Waals surface area contributed by atoms with Crippen LogP contribution in [0.3, 0.4) is 0 Å². The first-order chi connectivity index (χ1) is 6.79. The summed E-state index contributed by atoms with van der Waals surface area (Å²) < 4.78 is 5.64. The van der Waals surface area contributed by atoms with Gasteiger partial charge in [-0.15, -0.1) is 0 Å². The molecule has 0 unspecified atom stereocenters. The highest BCUT2D eigenvalue weighted by Gasteiger charge is 2.48. The monoisotopic (exact) mass is 222 g/mol. The highest BCUT2D eigenvalue weighted by molar-refractivity contribution is 4.88. The standard InChI is InChI=1S/C9H20NO5/c1-10(2,3)9-8(14)7(13)6(12)5(4-11)15-9/h5-9,11-14H,4H2,1-3H3/q+1/t5-,6+,7+,8-,9-/m1/s1. The van der Waals surface area contributed by atoms with Crippen molar-refractivity contribution >= 4 is 0 Å². The quantitative estimate of drug-likeness (QED) is 0.388. The second-order valence-electron chi connectivity index (χ2n) is 4.84. The number of hydrogen-bond acceptors (Lipinski definition) is 5. The zero-order valence-electron chi connectivity index (χ0n) is 9.24. The molecule has 15 heavy (non-hydrogen) atoms. The first-order valence-corrected chi connectivity index (χ1v) is 4.90. The molecule has 0 bridgehead atoms. The molecular weight excluding hydrogens is 202 g/mol. The number of rotatable bonds is 2. The molecule has 0 aromatic rings. The van der Waals surface area contributed by atoms with E-state index in [1.807, 2.05) is 0 Å². The van der Waals surface area contributed by atoms with Gasteiger partial charge in [-0.2, -0.15) is 0 Å². The van der Waals surface area contributed by atoms with Gasteiger partial charge in [-0.3, -0.25) is 0 Å². The minimum absolute atomic E-state index is 0.279. The third kappa shape index (κ3) is 2.47. The lowest BCUT2D eigenvalue weighted by Gasteiger charge is -2.45. The number of quaternary nitrogens is 1. The molecule has 0 amide bonds.